The van der Waals surface area contributed by atoms with E-state index in [0.29, 0.717) is 24.6 Å². The maximum atomic E-state index is 13.5. The number of ether oxygens (including phenoxy) is 2. The Bertz CT molecular complexity index is 1970. The van der Waals surface area contributed by atoms with Crippen LogP contribution in [-0.2, 0) is 21.7 Å². The number of amides is 1. The van der Waals surface area contributed by atoms with Crippen molar-refractivity contribution in [3.63, 3.8) is 0 Å². The van der Waals surface area contributed by atoms with Crippen LogP contribution in [0.1, 0.15) is 35.5 Å². The Balaban J connectivity index is 1.54. The molecule has 5 aromatic rings. The summed E-state index contributed by atoms with van der Waals surface area (Å²) in [5.74, 6) is -0.0213. The molecule has 41 heavy (non-hydrogen) atoms. The molecule has 3 aromatic carbocycles. The average Bonchev–Trinajstić information content (AvgIpc) is 3.62. The van der Waals surface area contributed by atoms with Gasteiger partial charge in [0, 0.05) is 55.2 Å². The Morgan fingerprint density at radius 3 is 2.63 bits per heavy atom. The van der Waals surface area contributed by atoms with Gasteiger partial charge in [-0.2, -0.15) is 0 Å². The molecule has 0 saturated carbocycles. The Morgan fingerprint density at radius 2 is 1.90 bits per heavy atom. The van der Waals surface area contributed by atoms with Gasteiger partial charge in [0.2, 0.25) is 0 Å². The number of methoxy groups -OCH3 is 1. The van der Waals surface area contributed by atoms with Crippen molar-refractivity contribution in [2.45, 2.75) is 44.0 Å². The molecule has 3 aliphatic heterocycles. The number of nitrogens with one attached hydrogen (secondary N) is 2. The van der Waals surface area contributed by atoms with Gasteiger partial charge >= 0.3 is 0 Å². The number of benzene rings is 3. The van der Waals surface area contributed by atoms with Crippen molar-refractivity contribution in [3.05, 3.63) is 72.3 Å². The smallest absolute Gasteiger partial charge is 0.252 e. The lowest BCUT2D eigenvalue weighted by Crippen LogP contribution is -2.62. The number of fused-ring (bicyclic) bond motifs is 13. The van der Waals surface area contributed by atoms with Crippen LogP contribution < -0.4 is 10.6 Å². The molecule has 2 bridgehead atoms. The lowest BCUT2D eigenvalue weighted by Gasteiger charge is -2.51. The van der Waals surface area contributed by atoms with Crippen LogP contribution in [-0.4, -0.2) is 57.9 Å². The summed E-state index contributed by atoms with van der Waals surface area (Å²) < 4.78 is 18.3. The molecule has 2 N–H and O–H groups in total. The van der Waals surface area contributed by atoms with E-state index in [1.54, 1.807) is 13.2 Å². The highest BCUT2D eigenvalue weighted by Crippen LogP contribution is 2.54. The summed E-state index contributed by atoms with van der Waals surface area (Å²) in [5, 5.41) is 11.3. The van der Waals surface area contributed by atoms with Crippen LogP contribution in [0.2, 0.25) is 0 Å². The summed E-state index contributed by atoms with van der Waals surface area (Å²) in [6, 6.07) is 16.7. The molecule has 1 amide bonds. The van der Waals surface area contributed by atoms with Crippen LogP contribution >= 0.6 is 12.2 Å². The van der Waals surface area contributed by atoms with E-state index in [0.717, 1.165) is 54.7 Å². The zero-order valence-electron chi connectivity index (χ0n) is 23.2. The third-order valence-corrected chi connectivity index (χ3v) is 9.84. The maximum Gasteiger partial charge on any atom is 0.252 e. The van der Waals surface area contributed by atoms with Gasteiger partial charge in [0.25, 0.3) is 5.91 Å². The minimum Gasteiger partial charge on any atom is -0.374 e. The molecular formula is C32H31N5O3S. The molecule has 8 nitrogen and oxygen atoms in total. The first-order chi connectivity index (χ1) is 19.9. The Kier molecular flexibility index (Phi) is 5.18. The molecule has 1 fully saturated rings. The van der Waals surface area contributed by atoms with Crippen LogP contribution in [0, 0.1) is 0 Å². The summed E-state index contributed by atoms with van der Waals surface area (Å²) in [5.41, 5.74) is 5.15. The number of likely N-dealkylation sites (N-methyl/N-ethyl adjacent to an activating group) is 1. The fourth-order valence-corrected chi connectivity index (χ4v) is 8.05. The zero-order valence-corrected chi connectivity index (χ0v) is 24.0. The molecule has 3 aliphatic rings. The van der Waals surface area contributed by atoms with E-state index in [1.165, 1.54) is 0 Å². The number of rotatable bonds is 4. The Morgan fingerprint density at radius 1 is 1.20 bits per heavy atom. The number of carbonyl (C=O) groups is 1. The molecule has 0 aliphatic carbocycles. The second kappa shape index (κ2) is 8.55. The molecule has 8 rings (SSSR count). The normalized spacial score (nSPS) is 24.7. The highest BCUT2D eigenvalue weighted by molar-refractivity contribution is 7.80. The largest absolute Gasteiger partial charge is 0.374 e. The van der Waals surface area contributed by atoms with Crippen LogP contribution in [0.3, 0.4) is 0 Å². The predicted octanol–water partition coefficient (Wildman–Crippen LogP) is 5.13. The molecule has 4 atom stereocenters. The van der Waals surface area contributed by atoms with Gasteiger partial charge in [-0.15, -0.1) is 6.58 Å². The highest BCUT2D eigenvalue weighted by atomic mass is 32.1. The number of carbonyl (C=O) groups excluding carboxylic acids is 1. The molecule has 5 heterocycles. The third kappa shape index (κ3) is 3.01. The molecule has 9 heteroatoms. The van der Waals surface area contributed by atoms with Gasteiger partial charge < -0.3 is 34.1 Å². The zero-order chi connectivity index (χ0) is 28.2. The maximum absolute atomic E-state index is 13.5. The van der Waals surface area contributed by atoms with Gasteiger partial charge in [0.15, 0.2) is 10.8 Å². The van der Waals surface area contributed by atoms with Gasteiger partial charge in [-0.1, -0.05) is 42.5 Å². The van der Waals surface area contributed by atoms with Crippen LogP contribution in [0.25, 0.3) is 43.6 Å². The first-order valence-corrected chi connectivity index (χ1v) is 14.4. The van der Waals surface area contributed by atoms with Crippen molar-refractivity contribution in [3.8, 4) is 0 Å². The molecule has 1 saturated heterocycles. The van der Waals surface area contributed by atoms with Gasteiger partial charge in [0.1, 0.15) is 12.3 Å². The monoisotopic (exact) mass is 565 g/mol. The number of thiocarbonyl (C=S) groups is 1. The van der Waals surface area contributed by atoms with E-state index in [9.17, 15) is 4.79 Å². The molecule has 0 radical (unpaired) electrons. The number of aromatic nitrogens is 2. The van der Waals surface area contributed by atoms with Crippen LogP contribution in [0.4, 0.5) is 0 Å². The topological polar surface area (TPSA) is 72.7 Å². The first-order valence-electron chi connectivity index (χ1n) is 14.0. The SMILES string of the molecule is C=CCNC(=S)N(C)[C@@H]1C[C@H]2O[C@@](C)([C@@H]1OC)n1c3ccccc3c3c4c(c5c6ccccc6n2c5c31)C(=O)NC4. The van der Waals surface area contributed by atoms with Gasteiger partial charge in [-0.3, -0.25) is 4.79 Å². The Hall–Kier alpha value is -3.92. The molecule has 2 aromatic heterocycles. The summed E-state index contributed by atoms with van der Waals surface area (Å²) in [7, 11) is 3.78. The second-order valence-electron chi connectivity index (χ2n) is 11.4. The van der Waals surface area contributed by atoms with Crippen molar-refractivity contribution in [1.82, 2.24) is 24.7 Å². The van der Waals surface area contributed by atoms with Crippen LogP contribution in [0.15, 0.2) is 61.2 Å². The predicted molar refractivity (Wildman–Crippen MR) is 165 cm³/mol. The van der Waals surface area contributed by atoms with E-state index in [1.807, 2.05) is 13.1 Å². The number of hydrogen-bond acceptors (Lipinski definition) is 4. The number of hydrogen-bond donors (Lipinski definition) is 2. The highest BCUT2D eigenvalue weighted by Gasteiger charge is 2.54. The molecular weight excluding hydrogens is 534 g/mol. The van der Waals surface area contributed by atoms with E-state index in [-0.39, 0.29) is 24.3 Å². The number of nitrogens with zero attached hydrogens (tertiary/aromatic N) is 3. The Labute approximate surface area is 242 Å². The van der Waals surface area contributed by atoms with E-state index in [2.05, 4.69) is 80.6 Å². The summed E-state index contributed by atoms with van der Waals surface area (Å²) in [4.78, 5) is 15.6. The van der Waals surface area contributed by atoms with Crippen LogP contribution in [0.5, 0.6) is 0 Å². The molecule has 0 spiro atoms. The second-order valence-corrected chi connectivity index (χ2v) is 11.8. The summed E-state index contributed by atoms with van der Waals surface area (Å²) in [6.07, 6.45) is 1.76. The van der Waals surface area contributed by atoms with Gasteiger partial charge in [-0.05, 0) is 36.8 Å². The van der Waals surface area contributed by atoms with Crippen molar-refractivity contribution in [2.24, 2.45) is 0 Å². The van der Waals surface area contributed by atoms with Crippen molar-refractivity contribution in [1.29, 1.82) is 0 Å². The fraction of sp³-hybridized carbons (Fsp3) is 0.312. The standard InChI is InChI=1S/C32H31N5O3S/c1-5-14-33-31(41)35(3)22-15-23-36-20-12-8-6-10-17(20)25-26-19(16-34-30(26)38)24-18-11-7-9-13-21(18)37(28(24)27(25)36)32(2,40-23)29(22)39-4/h5-13,22-23,29H,1,14-16H2,2-4H3,(H,33,41)(H,34,38)/t22-,23-,29-,32+/m1/s1. The molecule has 208 valence electrons. The van der Waals surface area contributed by atoms with E-state index in [4.69, 9.17) is 21.7 Å². The van der Waals surface area contributed by atoms with E-state index < -0.39 is 5.72 Å². The lowest BCUT2D eigenvalue weighted by molar-refractivity contribution is -0.263. The van der Waals surface area contributed by atoms with E-state index >= 15 is 0 Å². The summed E-state index contributed by atoms with van der Waals surface area (Å²) >= 11 is 5.83. The third-order valence-electron chi connectivity index (χ3n) is 9.41. The number of para-hydroxylation sites is 2. The molecule has 0 unspecified atom stereocenters. The summed E-state index contributed by atoms with van der Waals surface area (Å²) in [6.45, 7) is 7.04. The lowest BCUT2D eigenvalue weighted by atomic mass is 9.92. The van der Waals surface area contributed by atoms with Gasteiger partial charge in [0.05, 0.1) is 33.7 Å². The fourth-order valence-electron chi connectivity index (χ4n) is 7.83. The van der Waals surface area contributed by atoms with Crippen molar-refractivity contribution in [2.75, 3.05) is 20.7 Å². The van der Waals surface area contributed by atoms with Crippen molar-refractivity contribution >= 4 is 66.8 Å². The first kappa shape index (κ1) is 24.8. The van der Waals surface area contributed by atoms with Crippen molar-refractivity contribution < 1.29 is 14.3 Å². The quantitative estimate of drug-likeness (QED) is 0.233. The average molecular weight is 566 g/mol. The minimum absolute atomic E-state index is 0.0213. The minimum atomic E-state index is -0.886. The van der Waals surface area contributed by atoms with Gasteiger partial charge in [-0.25, -0.2) is 0 Å².